The summed E-state index contributed by atoms with van der Waals surface area (Å²) in [5.41, 5.74) is 1.95. The van der Waals surface area contributed by atoms with Gasteiger partial charge in [0.05, 0.1) is 11.4 Å². The summed E-state index contributed by atoms with van der Waals surface area (Å²) >= 11 is 0. The molecule has 0 amide bonds. The van der Waals surface area contributed by atoms with Crippen molar-refractivity contribution in [2.75, 3.05) is 17.2 Å². The van der Waals surface area contributed by atoms with Crippen LogP contribution in [0.1, 0.15) is 19.0 Å². The van der Waals surface area contributed by atoms with Crippen LogP contribution in [0.2, 0.25) is 0 Å². The van der Waals surface area contributed by atoms with Crippen LogP contribution in [0.4, 0.5) is 17.3 Å². The summed E-state index contributed by atoms with van der Waals surface area (Å²) in [6.07, 6.45) is 3.03. The van der Waals surface area contributed by atoms with Gasteiger partial charge in [0, 0.05) is 19.8 Å². The third-order valence-electron chi connectivity index (χ3n) is 2.58. The Hall–Kier alpha value is -2.04. The highest BCUT2D eigenvalue weighted by molar-refractivity contribution is 5.59. The van der Waals surface area contributed by atoms with E-state index in [1.807, 2.05) is 38.4 Å². The van der Waals surface area contributed by atoms with Crippen molar-refractivity contribution in [2.24, 2.45) is 7.05 Å². The Bertz CT molecular complexity index is 518. The molecule has 0 spiro atoms. The predicted octanol–water partition coefficient (Wildman–Crippen LogP) is 2.69. The van der Waals surface area contributed by atoms with Crippen molar-refractivity contribution >= 4 is 17.3 Å². The van der Waals surface area contributed by atoms with Crippen molar-refractivity contribution in [1.29, 1.82) is 0 Å². The van der Waals surface area contributed by atoms with Crippen molar-refractivity contribution in [2.45, 2.75) is 20.3 Å². The van der Waals surface area contributed by atoms with Crippen LogP contribution in [-0.4, -0.2) is 21.3 Å². The van der Waals surface area contributed by atoms with Crippen LogP contribution in [0.3, 0.4) is 0 Å². The van der Waals surface area contributed by atoms with Crippen LogP contribution in [0.5, 0.6) is 0 Å². The van der Waals surface area contributed by atoms with E-state index in [1.54, 1.807) is 4.68 Å². The lowest BCUT2D eigenvalue weighted by Gasteiger charge is -2.07. The average Bonchev–Trinajstić information content (AvgIpc) is 2.66. The Morgan fingerprint density at radius 2 is 2.06 bits per heavy atom. The molecule has 2 aromatic rings. The summed E-state index contributed by atoms with van der Waals surface area (Å²) in [7, 11) is 1.91. The monoisotopic (exact) mass is 245 g/mol. The van der Waals surface area contributed by atoms with Crippen LogP contribution in [0.25, 0.3) is 0 Å². The van der Waals surface area contributed by atoms with Crippen LogP contribution in [0.15, 0.2) is 24.4 Å². The molecule has 0 bridgehead atoms. The Balaban J connectivity index is 2.11. The SMILES string of the molecule is CCCNc1cccc(Nc2cn(C)nc2C)n1. The lowest BCUT2D eigenvalue weighted by Crippen LogP contribution is -2.03. The second kappa shape index (κ2) is 5.53. The molecule has 2 heterocycles. The van der Waals surface area contributed by atoms with Crippen LogP contribution in [0, 0.1) is 6.92 Å². The second-order valence-corrected chi connectivity index (χ2v) is 4.26. The maximum absolute atomic E-state index is 4.50. The van der Waals surface area contributed by atoms with Gasteiger partial charge in [-0.25, -0.2) is 4.98 Å². The summed E-state index contributed by atoms with van der Waals surface area (Å²) in [6, 6.07) is 5.90. The largest absolute Gasteiger partial charge is 0.370 e. The fraction of sp³-hybridized carbons (Fsp3) is 0.385. The van der Waals surface area contributed by atoms with Crippen molar-refractivity contribution in [3.05, 3.63) is 30.1 Å². The molecular formula is C13H19N5. The lowest BCUT2D eigenvalue weighted by atomic mass is 10.3. The van der Waals surface area contributed by atoms with E-state index in [2.05, 4.69) is 27.6 Å². The molecule has 5 nitrogen and oxygen atoms in total. The molecule has 0 aliphatic rings. The molecule has 0 saturated carbocycles. The molecule has 2 aromatic heterocycles. The van der Waals surface area contributed by atoms with E-state index in [0.29, 0.717) is 0 Å². The third kappa shape index (κ3) is 3.00. The molecule has 0 saturated heterocycles. The van der Waals surface area contributed by atoms with Crippen molar-refractivity contribution < 1.29 is 0 Å². The number of nitrogens with one attached hydrogen (secondary N) is 2. The molecule has 0 radical (unpaired) electrons. The van der Waals surface area contributed by atoms with E-state index in [0.717, 1.165) is 36.0 Å². The molecule has 0 atom stereocenters. The highest BCUT2D eigenvalue weighted by atomic mass is 15.3. The van der Waals surface area contributed by atoms with Gasteiger partial charge in [-0.3, -0.25) is 4.68 Å². The van der Waals surface area contributed by atoms with Gasteiger partial charge < -0.3 is 10.6 Å². The highest BCUT2D eigenvalue weighted by Crippen LogP contribution is 2.18. The van der Waals surface area contributed by atoms with Gasteiger partial charge in [0.15, 0.2) is 0 Å². The van der Waals surface area contributed by atoms with Crippen molar-refractivity contribution in [1.82, 2.24) is 14.8 Å². The minimum absolute atomic E-state index is 0.826. The van der Waals surface area contributed by atoms with Crippen LogP contribution < -0.4 is 10.6 Å². The molecule has 0 aliphatic heterocycles. The number of anilines is 3. The Morgan fingerprint density at radius 3 is 2.72 bits per heavy atom. The second-order valence-electron chi connectivity index (χ2n) is 4.26. The van der Waals surface area contributed by atoms with Crippen LogP contribution in [-0.2, 0) is 7.05 Å². The molecular weight excluding hydrogens is 226 g/mol. The summed E-state index contributed by atoms with van der Waals surface area (Å²) in [5, 5.41) is 10.8. The predicted molar refractivity (Wildman–Crippen MR) is 74.2 cm³/mol. The van der Waals surface area contributed by atoms with Crippen molar-refractivity contribution in [3.8, 4) is 0 Å². The highest BCUT2D eigenvalue weighted by Gasteiger charge is 2.04. The van der Waals surface area contributed by atoms with Gasteiger partial charge in [-0.1, -0.05) is 13.0 Å². The summed E-state index contributed by atoms with van der Waals surface area (Å²) < 4.78 is 1.79. The smallest absolute Gasteiger partial charge is 0.132 e. The first kappa shape index (κ1) is 12.4. The van der Waals surface area contributed by atoms with Gasteiger partial charge in [0.2, 0.25) is 0 Å². The topological polar surface area (TPSA) is 54.8 Å². The number of pyridine rings is 1. The molecule has 2 rings (SSSR count). The molecule has 96 valence electrons. The Morgan fingerprint density at radius 1 is 1.28 bits per heavy atom. The van der Waals surface area contributed by atoms with Gasteiger partial charge in [-0.2, -0.15) is 5.10 Å². The van der Waals surface area contributed by atoms with E-state index in [4.69, 9.17) is 0 Å². The molecule has 0 fully saturated rings. The van der Waals surface area contributed by atoms with E-state index >= 15 is 0 Å². The zero-order valence-electron chi connectivity index (χ0n) is 11.1. The summed E-state index contributed by atoms with van der Waals surface area (Å²) in [6.45, 7) is 5.04. The maximum Gasteiger partial charge on any atom is 0.132 e. The van der Waals surface area contributed by atoms with Crippen molar-refractivity contribution in [3.63, 3.8) is 0 Å². The van der Waals surface area contributed by atoms with Gasteiger partial charge in [0.1, 0.15) is 11.6 Å². The average molecular weight is 245 g/mol. The van der Waals surface area contributed by atoms with Gasteiger partial charge in [-0.05, 0) is 25.5 Å². The molecule has 0 unspecified atom stereocenters. The van der Waals surface area contributed by atoms with Gasteiger partial charge >= 0.3 is 0 Å². The molecule has 5 heteroatoms. The number of hydrogen-bond acceptors (Lipinski definition) is 4. The molecule has 0 aliphatic carbocycles. The fourth-order valence-corrected chi connectivity index (χ4v) is 1.72. The quantitative estimate of drug-likeness (QED) is 0.850. The van der Waals surface area contributed by atoms with Crippen LogP contribution >= 0.6 is 0 Å². The first-order valence-electron chi connectivity index (χ1n) is 6.17. The minimum Gasteiger partial charge on any atom is -0.370 e. The first-order chi connectivity index (χ1) is 8.69. The molecule has 0 aromatic carbocycles. The number of aryl methyl sites for hydroxylation is 2. The standard InChI is InChI=1S/C13H19N5/c1-4-8-14-12-6-5-7-13(16-12)15-11-9-18(3)17-10(11)2/h5-7,9H,4,8H2,1-3H3,(H2,14,15,16). The van der Waals surface area contributed by atoms with E-state index in [9.17, 15) is 0 Å². The zero-order valence-corrected chi connectivity index (χ0v) is 11.1. The fourth-order valence-electron chi connectivity index (χ4n) is 1.72. The van der Waals surface area contributed by atoms with Gasteiger partial charge in [-0.15, -0.1) is 0 Å². The maximum atomic E-state index is 4.50. The molecule has 2 N–H and O–H groups in total. The van der Waals surface area contributed by atoms with Gasteiger partial charge in [0.25, 0.3) is 0 Å². The zero-order chi connectivity index (χ0) is 13.0. The van der Waals surface area contributed by atoms with E-state index in [-0.39, 0.29) is 0 Å². The first-order valence-corrected chi connectivity index (χ1v) is 6.17. The van der Waals surface area contributed by atoms with E-state index in [1.165, 1.54) is 0 Å². The Labute approximate surface area is 107 Å². The summed E-state index contributed by atoms with van der Waals surface area (Å²) in [5.74, 6) is 1.72. The minimum atomic E-state index is 0.826. The number of nitrogens with zero attached hydrogens (tertiary/aromatic N) is 3. The van der Waals surface area contributed by atoms with E-state index < -0.39 is 0 Å². The molecule has 18 heavy (non-hydrogen) atoms. The number of rotatable bonds is 5. The third-order valence-corrected chi connectivity index (χ3v) is 2.58. The normalized spacial score (nSPS) is 10.4. The number of aromatic nitrogens is 3. The number of hydrogen-bond donors (Lipinski definition) is 2. The summed E-state index contributed by atoms with van der Waals surface area (Å²) in [4.78, 5) is 4.50. The lowest BCUT2D eigenvalue weighted by molar-refractivity contribution is 0.756. The Kier molecular flexibility index (Phi) is 3.82.